The molecular formula is C16H30N2O3. The number of hydrogen-bond donors (Lipinski definition) is 3. The molecule has 1 fully saturated rings. The Morgan fingerprint density at radius 2 is 1.67 bits per heavy atom. The van der Waals surface area contributed by atoms with Crippen molar-refractivity contribution in [3.05, 3.63) is 0 Å². The number of carbonyl (C=O) groups excluding carboxylic acids is 2. The van der Waals surface area contributed by atoms with Gasteiger partial charge < -0.3 is 15.7 Å². The molecule has 0 aliphatic heterocycles. The second kappa shape index (κ2) is 7.25. The van der Waals surface area contributed by atoms with Crippen LogP contribution >= 0.6 is 0 Å². The van der Waals surface area contributed by atoms with E-state index in [-0.39, 0.29) is 18.4 Å². The highest BCUT2D eigenvalue weighted by Crippen LogP contribution is 2.26. The highest BCUT2D eigenvalue weighted by atomic mass is 16.3. The Kier molecular flexibility index (Phi) is 6.20. The minimum absolute atomic E-state index is 0.154. The maximum Gasteiger partial charge on any atom is 0.242 e. The van der Waals surface area contributed by atoms with Crippen molar-refractivity contribution in [1.29, 1.82) is 0 Å². The van der Waals surface area contributed by atoms with Gasteiger partial charge in [0.1, 0.15) is 6.04 Å². The Morgan fingerprint density at radius 3 is 2.14 bits per heavy atom. The van der Waals surface area contributed by atoms with Crippen molar-refractivity contribution in [3.63, 3.8) is 0 Å². The summed E-state index contributed by atoms with van der Waals surface area (Å²) < 4.78 is 0. The molecule has 21 heavy (non-hydrogen) atoms. The van der Waals surface area contributed by atoms with Gasteiger partial charge in [-0.15, -0.1) is 0 Å². The van der Waals surface area contributed by atoms with Gasteiger partial charge in [0.2, 0.25) is 11.8 Å². The third-order valence-corrected chi connectivity index (χ3v) is 4.05. The Bertz CT molecular complexity index is 366. The van der Waals surface area contributed by atoms with E-state index in [0.29, 0.717) is 0 Å². The highest BCUT2D eigenvalue weighted by Gasteiger charge is 2.30. The summed E-state index contributed by atoms with van der Waals surface area (Å²) in [5, 5.41) is 16.0. The molecule has 2 amide bonds. The average molecular weight is 298 g/mol. The minimum atomic E-state index is -0.792. The van der Waals surface area contributed by atoms with Crippen molar-refractivity contribution in [1.82, 2.24) is 10.6 Å². The molecule has 0 saturated heterocycles. The van der Waals surface area contributed by atoms with Crippen molar-refractivity contribution in [3.8, 4) is 0 Å². The van der Waals surface area contributed by atoms with Crippen LogP contribution in [0.5, 0.6) is 0 Å². The molecule has 5 nitrogen and oxygen atoms in total. The van der Waals surface area contributed by atoms with Gasteiger partial charge in [-0.05, 0) is 19.8 Å². The number of carbonyl (C=O) groups is 2. The fourth-order valence-corrected chi connectivity index (χ4v) is 2.45. The van der Waals surface area contributed by atoms with E-state index in [1.807, 2.05) is 0 Å². The summed E-state index contributed by atoms with van der Waals surface area (Å²) in [6.07, 6.45) is 5.76. The molecule has 5 heteroatoms. The van der Waals surface area contributed by atoms with E-state index in [1.165, 1.54) is 0 Å². The molecule has 0 aromatic carbocycles. The second-order valence-electron chi connectivity index (χ2n) is 7.30. The summed E-state index contributed by atoms with van der Waals surface area (Å²) >= 11 is 0. The first-order valence-electron chi connectivity index (χ1n) is 7.95. The van der Waals surface area contributed by atoms with Crippen LogP contribution in [0.25, 0.3) is 0 Å². The van der Waals surface area contributed by atoms with Crippen LogP contribution in [0.2, 0.25) is 0 Å². The fourth-order valence-electron chi connectivity index (χ4n) is 2.45. The van der Waals surface area contributed by atoms with E-state index in [4.69, 9.17) is 0 Å². The first kappa shape index (κ1) is 18.0. The summed E-state index contributed by atoms with van der Waals surface area (Å²) in [7, 11) is 0. The molecule has 1 saturated carbocycles. The van der Waals surface area contributed by atoms with Crippen LogP contribution in [0.15, 0.2) is 0 Å². The monoisotopic (exact) mass is 298 g/mol. The lowest BCUT2D eigenvalue weighted by atomic mass is 9.94. The molecule has 1 rings (SSSR count). The Labute approximate surface area is 127 Å². The topological polar surface area (TPSA) is 78.4 Å². The van der Waals surface area contributed by atoms with E-state index in [0.717, 1.165) is 38.5 Å². The lowest BCUT2D eigenvalue weighted by Crippen LogP contribution is -2.51. The fraction of sp³-hybridized carbons (Fsp3) is 0.875. The summed E-state index contributed by atoms with van der Waals surface area (Å²) in [4.78, 5) is 23.9. The maximum atomic E-state index is 12.0. The predicted octanol–water partition coefficient (Wildman–Crippen LogP) is 1.74. The first-order valence-corrected chi connectivity index (χ1v) is 7.95. The molecule has 0 aromatic rings. The zero-order valence-electron chi connectivity index (χ0n) is 13.8. The number of amides is 2. The summed E-state index contributed by atoms with van der Waals surface area (Å²) in [5.74, 6) is -0.399. The van der Waals surface area contributed by atoms with E-state index in [9.17, 15) is 14.7 Å². The first-order chi connectivity index (χ1) is 9.64. The summed E-state index contributed by atoms with van der Waals surface area (Å²) in [6.45, 7) is 7.35. The van der Waals surface area contributed by atoms with Gasteiger partial charge in [-0.3, -0.25) is 9.59 Å². The lowest BCUT2D eigenvalue weighted by molar-refractivity contribution is -0.133. The second-order valence-corrected chi connectivity index (χ2v) is 7.30. The quantitative estimate of drug-likeness (QED) is 0.692. The molecule has 1 aliphatic rings. The molecule has 0 spiro atoms. The molecule has 122 valence electrons. The van der Waals surface area contributed by atoms with Gasteiger partial charge in [0.25, 0.3) is 0 Å². The number of aliphatic hydroxyl groups is 1. The third-order valence-electron chi connectivity index (χ3n) is 4.05. The standard InChI is InChI=1S/C16H30N2O3/c1-12(18-14(20)15(2,3)4)13(19)17-11-16(21)9-7-5-6-8-10-16/h12,21H,5-11H2,1-4H3,(H,17,19)(H,18,20). The van der Waals surface area contributed by atoms with Gasteiger partial charge in [0, 0.05) is 12.0 Å². The van der Waals surface area contributed by atoms with Gasteiger partial charge in [-0.1, -0.05) is 46.5 Å². The van der Waals surface area contributed by atoms with E-state index < -0.39 is 17.1 Å². The minimum Gasteiger partial charge on any atom is -0.388 e. The number of rotatable bonds is 4. The normalized spacial score (nSPS) is 20.2. The van der Waals surface area contributed by atoms with Crippen LogP contribution in [0.4, 0.5) is 0 Å². The molecule has 1 unspecified atom stereocenters. The summed E-state index contributed by atoms with van der Waals surface area (Å²) in [5.41, 5.74) is -1.31. The van der Waals surface area contributed by atoms with Crippen LogP contribution in [0.3, 0.4) is 0 Å². The molecule has 3 N–H and O–H groups in total. The zero-order valence-corrected chi connectivity index (χ0v) is 13.8. The van der Waals surface area contributed by atoms with Crippen LogP contribution in [0.1, 0.15) is 66.2 Å². The number of hydrogen-bond acceptors (Lipinski definition) is 3. The van der Waals surface area contributed by atoms with Crippen LogP contribution < -0.4 is 10.6 Å². The number of nitrogens with one attached hydrogen (secondary N) is 2. The van der Waals surface area contributed by atoms with Gasteiger partial charge in [0.05, 0.1) is 5.60 Å². The molecule has 0 aromatic heterocycles. The largest absolute Gasteiger partial charge is 0.388 e. The van der Waals surface area contributed by atoms with Crippen molar-refractivity contribution in [2.24, 2.45) is 5.41 Å². The van der Waals surface area contributed by atoms with Gasteiger partial charge in [-0.25, -0.2) is 0 Å². The Balaban J connectivity index is 2.43. The van der Waals surface area contributed by atoms with Crippen LogP contribution in [-0.2, 0) is 9.59 Å². The molecule has 1 atom stereocenters. The van der Waals surface area contributed by atoms with E-state index in [2.05, 4.69) is 10.6 Å². The average Bonchev–Trinajstić information content (AvgIpc) is 2.60. The van der Waals surface area contributed by atoms with Gasteiger partial charge in [-0.2, -0.15) is 0 Å². The van der Waals surface area contributed by atoms with Crippen LogP contribution in [-0.4, -0.2) is 35.1 Å². The van der Waals surface area contributed by atoms with E-state index in [1.54, 1.807) is 27.7 Å². The van der Waals surface area contributed by atoms with Crippen LogP contribution in [0, 0.1) is 5.41 Å². The lowest BCUT2D eigenvalue weighted by Gasteiger charge is -2.28. The molecule has 1 aliphatic carbocycles. The predicted molar refractivity (Wildman–Crippen MR) is 82.7 cm³/mol. The smallest absolute Gasteiger partial charge is 0.242 e. The SMILES string of the molecule is CC(NC(=O)C(C)(C)C)C(=O)NCC1(O)CCCCCC1. The Morgan fingerprint density at radius 1 is 1.14 bits per heavy atom. The van der Waals surface area contributed by atoms with E-state index >= 15 is 0 Å². The van der Waals surface area contributed by atoms with Crippen molar-refractivity contribution in [2.45, 2.75) is 77.9 Å². The highest BCUT2D eigenvalue weighted by molar-refractivity contribution is 5.89. The van der Waals surface area contributed by atoms with Gasteiger partial charge >= 0.3 is 0 Å². The van der Waals surface area contributed by atoms with Crippen molar-refractivity contribution in [2.75, 3.05) is 6.54 Å². The molecule has 0 radical (unpaired) electrons. The van der Waals surface area contributed by atoms with Crippen molar-refractivity contribution < 1.29 is 14.7 Å². The molecular weight excluding hydrogens is 268 g/mol. The Hall–Kier alpha value is -1.10. The zero-order chi connectivity index (χ0) is 16.1. The van der Waals surface area contributed by atoms with Gasteiger partial charge in [0.15, 0.2) is 0 Å². The van der Waals surface area contributed by atoms with Crippen molar-refractivity contribution >= 4 is 11.8 Å². The summed E-state index contributed by atoms with van der Waals surface area (Å²) in [6, 6.07) is -0.592. The molecule has 0 heterocycles. The third kappa shape index (κ3) is 6.04. The maximum absolute atomic E-state index is 12.0. The molecule has 0 bridgehead atoms.